The Kier molecular flexibility index (Phi) is 6.15. The topological polar surface area (TPSA) is 40.2 Å². The molecule has 0 unspecified atom stereocenters. The molecule has 2 N–H and O–H groups in total. The number of anilines is 2. The van der Waals surface area contributed by atoms with Crippen LogP contribution in [-0.4, -0.2) is 29.7 Å². The number of nitrogens with one attached hydrogen (secondary N) is 2. The van der Waals surface area contributed by atoms with Crippen molar-refractivity contribution in [3.05, 3.63) is 54.4 Å². The van der Waals surface area contributed by atoms with E-state index in [0.717, 1.165) is 25.3 Å². The summed E-state index contributed by atoms with van der Waals surface area (Å²) in [5.41, 5.74) is 3.46. The highest BCUT2D eigenvalue weighted by molar-refractivity contribution is 7.80. The third-order valence-electron chi connectivity index (χ3n) is 3.39. The number of nitrogens with zero attached hydrogens (tertiary/aromatic N) is 2. The molecule has 2 aromatic rings. The predicted octanol–water partition coefficient (Wildman–Crippen LogP) is 3.20. The lowest BCUT2D eigenvalue weighted by atomic mass is 10.2. The van der Waals surface area contributed by atoms with Crippen LogP contribution in [0.4, 0.5) is 11.4 Å². The molecule has 22 heavy (non-hydrogen) atoms. The number of likely N-dealkylation sites (N-methyl/N-ethyl adjacent to an activating group) is 1. The highest BCUT2D eigenvalue weighted by atomic mass is 32.1. The van der Waals surface area contributed by atoms with Gasteiger partial charge in [-0.2, -0.15) is 0 Å². The van der Waals surface area contributed by atoms with Gasteiger partial charge in [-0.05, 0) is 50.3 Å². The van der Waals surface area contributed by atoms with E-state index in [9.17, 15) is 0 Å². The van der Waals surface area contributed by atoms with Gasteiger partial charge in [-0.25, -0.2) is 0 Å². The Morgan fingerprint density at radius 1 is 1.14 bits per heavy atom. The number of hydrogen-bond donors (Lipinski definition) is 2. The first-order valence-electron chi connectivity index (χ1n) is 7.45. The third kappa shape index (κ3) is 5.00. The minimum Gasteiger partial charge on any atom is -0.370 e. The number of rotatable bonds is 6. The summed E-state index contributed by atoms with van der Waals surface area (Å²) in [7, 11) is 0. The van der Waals surface area contributed by atoms with Crippen LogP contribution in [0.15, 0.2) is 48.8 Å². The van der Waals surface area contributed by atoms with E-state index in [1.165, 1.54) is 11.3 Å². The molecule has 0 bridgehead atoms. The van der Waals surface area contributed by atoms with Crippen molar-refractivity contribution in [2.75, 3.05) is 29.9 Å². The molecule has 0 radical (unpaired) electrons. The van der Waals surface area contributed by atoms with E-state index in [1.807, 2.05) is 12.1 Å². The zero-order chi connectivity index (χ0) is 15.8. The van der Waals surface area contributed by atoms with Crippen molar-refractivity contribution in [1.82, 2.24) is 10.3 Å². The van der Waals surface area contributed by atoms with Crippen molar-refractivity contribution >= 4 is 28.7 Å². The number of benzene rings is 1. The molecule has 0 saturated heterocycles. The number of pyridine rings is 1. The van der Waals surface area contributed by atoms with Crippen LogP contribution in [0.2, 0.25) is 0 Å². The maximum absolute atomic E-state index is 5.30. The standard InChI is InChI=1S/C17H22N4S/c1-3-21(16-6-4-14(2)5-7-16)13-12-19-17(22)20-15-8-10-18-11-9-15/h4-11H,3,12-13H2,1-2H3,(H2,18,19,20,22). The third-order valence-corrected chi connectivity index (χ3v) is 3.63. The van der Waals surface area contributed by atoms with Gasteiger partial charge in [-0.1, -0.05) is 17.7 Å². The van der Waals surface area contributed by atoms with E-state index < -0.39 is 0 Å². The van der Waals surface area contributed by atoms with Crippen LogP contribution < -0.4 is 15.5 Å². The highest BCUT2D eigenvalue weighted by Gasteiger charge is 2.04. The molecule has 0 aliphatic heterocycles. The van der Waals surface area contributed by atoms with Crippen LogP contribution in [0.3, 0.4) is 0 Å². The van der Waals surface area contributed by atoms with Crippen molar-refractivity contribution in [1.29, 1.82) is 0 Å². The van der Waals surface area contributed by atoms with Gasteiger partial charge < -0.3 is 15.5 Å². The first-order valence-corrected chi connectivity index (χ1v) is 7.86. The summed E-state index contributed by atoms with van der Waals surface area (Å²) in [5, 5.41) is 7.01. The second kappa shape index (κ2) is 8.34. The zero-order valence-electron chi connectivity index (χ0n) is 13.0. The monoisotopic (exact) mass is 314 g/mol. The van der Waals surface area contributed by atoms with Crippen LogP contribution in [0.5, 0.6) is 0 Å². The summed E-state index contributed by atoms with van der Waals surface area (Å²) in [5.74, 6) is 0. The van der Waals surface area contributed by atoms with E-state index in [-0.39, 0.29) is 0 Å². The van der Waals surface area contributed by atoms with Crippen molar-refractivity contribution in [2.24, 2.45) is 0 Å². The second-order valence-corrected chi connectivity index (χ2v) is 5.44. The van der Waals surface area contributed by atoms with Crippen molar-refractivity contribution in [2.45, 2.75) is 13.8 Å². The van der Waals surface area contributed by atoms with Gasteiger partial charge in [0.05, 0.1) is 0 Å². The minimum absolute atomic E-state index is 0.631. The lowest BCUT2D eigenvalue weighted by Crippen LogP contribution is -2.36. The first-order chi connectivity index (χ1) is 10.7. The Morgan fingerprint density at radius 3 is 2.45 bits per heavy atom. The van der Waals surface area contributed by atoms with Gasteiger partial charge in [0.2, 0.25) is 0 Å². The summed E-state index contributed by atoms with van der Waals surface area (Å²) in [4.78, 5) is 6.30. The van der Waals surface area contributed by atoms with Gasteiger partial charge in [0.15, 0.2) is 5.11 Å². The molecule has 116 valence electrons. The van der Waals surface area contributed by atoms with Crippen LogP contribution in [0, 0.1) is 6.92 Å². The molecule has 2 rings (SSSR count). The number of hydrogen-bond acceptors (Lipinski definition) is 3. The van der Waals surface area contributed by atoms with Gasteiger partial charge in [-0.3, -0.25) is 4.98 Å². The minimum atomic E-state index is 0.631. The molecule has 1 heterocycles. The summed E-state index contributed by atoms with van der Waals surface area (Å²) < 4.78 is 0. The maximum Gasteiger partial charge on any atom is 0.170 e. The molecule has 0 saturated carbocycles. The number of thiocarbonyl (C=S) groups is 1. The first kappa shape index (κ1) is 16.2. The zero-order valence-corrected chi connectivity index (χ0v) is 13.9. The molecule has 1 aromatic heterocycles. The van der Waals surface area contributed by atoms with Gasteiger partial charge >= 0.3 is 0 Å². The fraction of sp³-hybridized carbons (Fsp3) is 0.294. The van der Waals surface area contributed by atoms with Crippen molar-refractivity contribution in [3.8, 4) is 0 Å². The molecular weight excluding hydrogens is 292 g/mol. The average Bonchev–Trinajstić information content (AvgIpc) is 2.54. The lowest BCUT2D eigenvalue weighted by Gasteiger charge is -2.23. The summed E-state index contributed by atoms with van der Waals surface area (Å²) >= 11 is 5.30. The Morgan fingerprint density at radius 2 is 1.82 bits per heavy atom. The largest absolute Gasteiger partial charge is 0.370 e. The van der Waals surface area contributed by atoms with Crippen LogP contribution in [0.25, 0.3) is 0 Å². The molecular formula is C17H22N4S. The van der Waals surface area contributed by atoms with Crippen molar-refractivity contribution < 1.29 is 0 Å². The lowest BCUT2D eigenvalue weighted by molar-refractivity contribution is 0.779. The summed E-state index contributed by atoms with van der Waals surface area (Å²) in [6.07, 6.45) is 3.47. The molecule has 4 nitrogen and oxygen atoms in total. The number of aryl methyl sites for hydroxylation is 1. The quantitative estimate of drug-likeness (QED) is 0.801. The number of aromatic nitrogens is 1. The maximum atomic E-state index is 5.30. The van der Waals surface area contributed by atoms with E-state index in [1.54, 1.807) is 12.4 Å². The van der Waals surface area contributed by atoms with Crippen molar-refractivity contribution in [3.63, 3.8) is 0 Å². The van der Waals surface area contributed by atoms with E-state index in [0.29, 0.717) is 5.11 Å². The van der Waals surface area contributed by atoms with Gasteiger partial charge in [0.1, 0.15) is 0 Å². The molecule has 0 atom stereocenters. The summed E-state index contributed by atoms with van der Waals surface area (Å²) in [6.45, 7) is 6.92. The Balaban J connectivity index is 1.79. The second-order valence-electron chi connectivity index (χ2n) is 5.03. The molecule has 0 aliphatic rings. The Bertz CT molecular complexity index is 583. The Labute approximate surface area is 137 Å². The normalized spacial score (nSPS) is 10.1. The van der Waals surface area contributed by atoms with Gasteiger partial charge in [0.25, 0.3) is 0 Å². The Hall–Kier alpha value is -2.14. The van der Waals surface area contributed by atoms with E-state index in [4.69, 9.17) is 12.2 Å². The molecule has 0 spiro atoms. The van der Waals surface area contributed by atoms with Crippen LogP contribution >= 0.6 is 12.2 Å². The SMILES string of the molecule is CCN(CCNC(=S)Nc1ccncc1)c1ccc(C)cc1. The molecule has 1 aromatic carbocycles. The van der Waals surface area contributed by atoms with E-state index >= 15 is 0 Å². The molecule has 5 heteroatoms. The van der Waals surface area contributed by atoms with Crippen LogP contribution in [-0.2, 0) is 0 Å². The van der Waals surface area contributed by atoms with E-state index in [2.05, 4.69) is 58.6 Å². The average molecular weight is 314 g/mol. The molecule has 0 amide bonds. The molecule has 0 fully saturated rings. The fourth-order valence-corrected chi connectivity index (χ4v) is 2.36. The van der Waals surface area contributed by atoms with Gasteiger partial charge in [0, 0.05) is 43.4 Å². The predicted molar refractivity (Wildman–Crippen MR) is 97.5 cm³/mol. The summed E-state index contributed by atoms with van der Waals surface area (Å²) in [6, 6.07) is 12.4. The van der Waals surface area contributed by atoms with Crippen LogP contribution in [0.1, 0.15) is 12.5 Å². The molecule has 0 aliphatic carbocycles. The smallest absolute Gasteiger partial charge is 0.170 e. The highest BCUT2D eigenvalue weighted by Crippen LogP contribution is 2.14. The fourth-order valence-electron chi connectivity index (χ4n) is 2.14. The van der Waals surface area contributed by atoms with Gasteiger partial charge in [-0.15, -0.1) is 0 Å².